The second-order valence-electron chi connectivity index (χ2n) is 5.71. The smallest absolute Gasteiger partial charge is 0.317 e. The highest BCUT2D eigenvalue weighted by molar-refractivity contribution is 7.99. The van der Waals surface area contributed by atoms with Gasteiger partial charge < -0.3 is 9.47 Å². The normalized spacial score (nSPS) is 11.8. The predicted octanol–water partition coefficient (Wildman–Crippen LogP) is 3.55. The summed E-state index contributed by atoms with van der Waals surface area (Å²) >= 11 is 1.22. The molecule has 3 rings (SSSR count). The summed E-state index contributed by atoms with van der Waals surface area (Å²) in [5.41, 5.74) is 2.02. The van der Waals surface area contributed by atoms with Gasteiger partial charge in [0.25, 0.3) is 0 Å². The van der Waals surface area contributed by atoms with Gasteiger partial charge in [-0.15, -0.1) is 0 Å². The number of Topliss-reactive ketones (excluding diaryl/α,β-unsaturated/α-hetero) is 1. The Kier molecular flexibility index (Phi) is 6.03. The molecule has 0 fully saturated rings. The second-order valence-corrected chi connectivity index (χ2v) is 6.71. The zero-order valence-electron chi connectivity index (χ0n) is 14.9. The molecule has 0 aliphatic rings. The molecule has 1 atom stereocenters. The molecule has 0 spiro atoms. The van der Waals surface area contributed by atoms with Gasteiger partial charge in [-0.1, -0.05) is 23.9 Å². The van der Waals surface area contributed by atoms with Crippen molar-refractivity contribution < 1.29 is 19.1 Å². The van der Waals surface area contributed by atoms with Gasteiger partial charge in [0.2, 0.25) is 5.78 Å². The van der Waals surface area contributed by atoms with E-state index in [4.69, 9.17) is 9.47 Å². The first-order valence-electron chi connectivity index (χ1n) is 8.29. The Morgan fingerprint density at radius 1 is 1.07 bits per heavy atom. The van der Waals surface area contributed by atoms with Crippen LogP contribution in [0.15, 0.2) is 59.8 Å². The third kappa shape index (κ3) is 4.83. The van der Waals surface area contributed by atoms with Crippen molar-refractivity contribution in [3.8, 4) is 5.75 Å². The molecule has 6 nitrogen and oxygen atoms in total. The number of ketones is 1. The Labute approximate surface area is 160 Å². The molecule has 7 heteroatoms. The molecular weight excluding hydrogens is 364 g/mol. The first-order valence-corrected chi connectivity index (χ1v) is 9.27. The van der Waals surface area contributed by atoms with Gasteiger partial charge in [0.15, 0.2) is 6.10 Å². The van der Waals surface area contributed by atoms with E-state index in [0.717, 1.165) is 11.0 Å². The van der Waals surface area contributed by atoms with Gasteiger partial charge in [-0.2, -0.15) is 0 Å². The largest absolute Gasteiger partial charge is 0.497 e. The number of benzene rings is 2. The monoisotopic (exact) mass is 382 g/mol. The van der Waals surface area contributed by atoms with Crippen LogP contribution >= 0.6 is 11.8 Å². The maximum absolute atomic E-state index is 12.4. The molecule has 0 aliphatic heterocycles. The van der Waals surface area contributed by atoms with Crippen LogP contribution in [-0.2, 0) is 9.53 Å². The molecule has 3 aromatic rings. The quantitative estimate of drug-likeness (QED) is 0.351. The van der Waals surface area contributed by atoms with Gasteiger partial charge in [0, 0.05) is 5.56 Å². The topological polar surface area (TPSA) is 78.4 Å². The summed E-state index contributed by atoms with van der Waals surface area (Å²) in [4.78, 5) is 33.2. The minimum atomic E-state index is -0.866. The Morgan fingerprint density at radius 3 is 2.48 bits per heavy atom. The molecule has 0 N–H and O–H groups in total. The zero-order chi connectivity index (χ0) is 19.2. The molecule has 0 saturated carbocycles. The zero-order valence-corrected chi connectivity index (χ0v) is 15.7. The number of hydrogen-bond donors (Lipinski definition) is 0. The Balaban J connectivity index is 1.55. The number of carbonyl (C=O) groups is 2. The standard InChI is InChI=1S/C20H18N2O4S/c1-13(20(24)14-7-9-15(25-2)10-8-14)26-19(23)12-27-18-11-21-16-5-3-4-6-17(16)22-18/h3-11,13H,12H2,1-2H3. The van der Waals surface area contributed by atoms with E-state index in [1.54, 1.807) is 44.5 Å². The van der Waals surface area contributed by atoms with Crippen molar-refractivity contribution in [2.75, 3.05) is 12.9 Å². The molecule has 0 bridgehead atoms. The fourth-order valence-corrected chi connectivity index (χ4v) is 3.04. The van der Waals surface area contributed by atoms with Crippen LogP contribution in [0.4, 0.5) is 0 Å². The average molecular weight is 382 g/mol. The lowest BCUT2D eigenvalue weighted by Gasteiger charge is -2.12. The fourth-order valence-electron chi connectivity index (χ4n) is 2.42. The van der Waals surface area contributed by atoms with Crippen molar-refractivity contribution in [2.24, 2.45) is 0 Å². The average Bonchev–Trinajstić information content (AvgIpc) is 2.71. The number of ether oxygens (including phenoxy) is 2. The SMILES string of the molecule is COc1ccc(C(=O)C(C)OC(=O)CSc2cnc3ccccc3n2)cc1. The Hall–Kier alpha value is -2.93. The number of para-hydroxylation sites is 2. The van der Waals surface area contributed by atoms with E-state index in [1.165, 1.54) is 11.8 Å². The number of esters is 1. The summed E-state index contributed by atoms with van der Waals surface area (Å²) in [5.74, 6) is -0.0392. The van der Waals surface area contributed by atoms with Crippen LogP contribution in [0.5, 0.6) is 5.75 Å². The van der Waals surface area contributed by atoms with Gasteiger partial charge in [0.1, 0.15) is 10.8 Å². The molecule has 0 aliphatic carbocycles. The molecule has 0 amide bonds. The second kappa shape index (κ2) is 8.64. The van der Waals surface area contributed by atoms with Crippen LogP contribution in [0, 0.1) is 0 Å². The molecule has 27 heavy (non-hydrogen) atoms. The van der Waals surface area contributed by atoms with Crippen LogP contribution < -0.4 is 4.74 Å². The molecule has 1 unspecified atom stereocenters. The maximum atomic E-state index is 12.4. The van der Waals surface area contributed by atoms with Gasteiger partial charge in [-0.25, -0.2) is 4.98 Å². The Morgan fingerprint density at radius 2 is 1.78 bits per heavy atom. The number of nitrogens with zero attached hydrogens (tertiary/aromatic N) is 2. The van der Waals surface area contributed by atoms with Gasteiger partial charge in [-0.05, 0) is 43.3 Å². The van der Waals surface area contributed by atoms with Crippen molar-refractivity contribution in [1.29, 1.82) is 0 Å². The minimum absolute atomic E-state index is 0.0489. The summed E-state index contributed by atoms with van der Waals surface area (Å²) in [6.07, 6.45) is 0.751. The first kappa shape index (κ1) is 18.8. The molecule has 1 heterocycles. The Bertz CT molecular complexity index is 960. The number of hydrogen-bond acceptors (Lipinski definition) is 7. The lowest BCUT2D eigenvalue weighted by molar-refractivity contribution is -0.143. The van der Waals surface area contributed by atoms with Crippen LogP contribution in [0.25, 0.3) is 11.0 Å². The van der Waals surface area contributed by atoms with Gasteiger partial charge in [0.05, 0.1) is 30.1 Å². The number of fused-ring (bicyclic) bond motifs is 1. The van der Waals surface area contributed by atoms with Crippen LogP contribution in [0.2, 0.25) is 0 Å². The summed E-state index contributed by atoms with van der Waals surface area (Å²) < 4.78 is 10.3. The molecule has 138 valence electrons. The van der Waals surface area contributed by atoms with E-state index < -0.39 is 12.1 Å². The van der Waals surface area contributed by atoms with E-state index in [2.05, 4.69) is 9.97 Å². The predicted molar refractivity (Wildman–Crippen MR) is 103 cm³/mol. The maximum Gasteiger partial charge on any atom is 0.317 e. The molecule has 0 radical (unpaired) electrons. The number of rotatable bonds is 7. The van der Waals surface area contributed by atoms with E-state index >= 15 is 0 Å². The highest BCUT2D eigenvalue weighted by Crippen LogP contribution is 2.19. The lowest BCUT2D eigenvalue weighted by atomic mass is 10.1. The number of carbonyl (C=O) groups excluding carboxylic acids is 2. The van der Waals surface area contributed by atoms with E-state index in [-0.39, 0.29) is 11.5 Å². The molecular formula is C20H18N2O4S. The summed E-state index contributed by atoms with van der Waals surface area (Å²) in [6.45, 7) is 1.56. The van der Waals surface area contributed by atoms with Crippen molar-refractivity contribution in [2.45, 2.75) is 18.1 Å². The van der Waals surface area contributed by atoms with Crippen LogP contribution in [-0.4, -0.2) is 40.7 Å². The fraction of sp³-hybridized carbons (Fsp3) is 0.200. The van der Waals surface area contributed by atoms with Gasteiger partial charge >= 0.3 is 5.97 Å². The third-order valence-electron chi connectivity index (χ3n) is 3.82. The molecule has 1 aromatic heterocycles. The van der Waals surface area contributed by atoms with Crippen molar-refractivity contribution in [1.82, 2.24) is 9.97 Å². The van der Waals surface area contributed by atoms with Crippen molar-refractivity contribution in [3.63, 3.8) is 0 Å². The highest BCUT2D eigenvalue weighted by atomic mass is 32.2. The number of aromatic nitrogens is 2. The lowest BCUT2D eigenvalue weighted by Crippen LogP contribution is -2.25. The van der Waals surface area contributed by atoms with E-state index in [0.29, 0.717) is 16.3 Å². The van der Waals surface area contributed by atoms with Crippen molar-refractivity contribution >= 4 is 34.5 Å². The van der Waals surface area contributed by atoms with E-state index in [1.807, 2.05) is 24.3 Å². The van der Waals surface area contributed by atoms with Gasteiger partial charge in [-0.3, -0.25) is 14.6 Å². The molecule has 0 saturated heterocycles. The minimum Gasteiger partial charge on any atom is -0.497 e. The third-order valence-corrected chi connectivity index (χ3v) is 4.69. The molecule has 2 aromatic carbocycles. The number of methoxy groups -OCH3 is 1. The van der Waals surface area contributed by atoms with Crippen LogP contribution in [0.3, 0.4) is 0 Å². The highest BCUT2D eigenvalue weighted by Gasteiger charge is 2.19. The number of thioether (sulfide) groups is 1. The summed E-state index contributed by atoms with van der Waals surface area (Å²) in [6, 6.07) is 14.2. The summed E-state index contributed by atoms with van der Waals surface area (Å²) in [7, 11) is 1.55. The van der Waals surface area contributed by atoms with E-state index in [9.17, 15) is 9.59 Å². The summed E-state index contributed by atoms with van der Waals surface area (Å²) in [5, 5.41) is 0.625. The van der Waals surface area contributed by atoms with Crippen molar-refractivity contribution in [3.05, 3.63) is 60.3 Å². The first-order chi connectivity index (χ1) is 13.1. The van der Waals surface area contributed by atoms with Crippen LogP contribution in [0.1, 0.15) is 17.3 Å².